The van der Waals surface area contributed by atoms with Gasteiger partial charge in [0.05, 0.1) is 0 Å². The molecule has 1 radical (unpaired) electrons. The van der Waals surface area contributed by atoms with Gasteiger partial charge in [-0.3, -0.25) is 8.42 Å². The molecule has 34 heavy (non-hydrogen) atoms. The first-order valence-corrected chi connectivity index (χ1v) is 13.2. The van der Waals surface area contributed by atoms with E-state index in [0.29, 0.717) is 22.8 Å². The van der Waals surface area contributed by atoms with Crippen LogP contribution in [-0.2, 0) is 45.6 Å². The number of nitrogens with one attached hydrogen (secondary N) is 2. The van der Waals surface area contributed by atoms with E-state index in [0.717, 1.165) is 0 Å². The molecule has 4 aromatic rings. The molecule has 2 heterocycles. The Hall–Kier alpha value is -2.70. The van der Waals surface area contributed by atoms with E-state index < -0.39 is 21.6 Å². The van der Waals surface area contributed by atoms with Crippen molar-refractivity contribution < 1.29 is 42.7 Å². The van der Waals surface area contributed by atoms with Crippen molar-refractivity contribution in [1.82, 2.24) is 19.9 Å². The number of H-pyrrole nitrogens is 2. The second kappa shape index (κ2) is 18.7. The number of benzene rings is 2. The predicted molar refractivity (Wildman–Crippen MR) is 128 cm³/mol. The van der Waals surface area contributed by atoms with Gasteiger partial charge in [0.15, 0.2) is 0 Å². The second-order valence-corrected chi connectivity index (χ2v) is 9.32. The van der Waals surface area contributed by atoms with Crippen LogP contribution in [0, 0.1) is 0 Å². The molecule has 0 aliphatic carbocycles. The van der Waals surface area contributed by atoms with Gasteiger partial charge >= 0.3 is 18.6 Å². The molecule has 2 aromatic heterocycles. The topological polar surface area (TPSA) is 166 Å². The summed E-state index contributed by atoms with van der Waals surface area (Å²) in [7, 11) is -1.22. The normalized spacial score (nSPS) is 9.12. The standard InChI is InChI=1S/2C9H8N2O.2C2H6OS.O.V/c2*12-8-4-2-1-3-7(8)9-10-5-6-11-9;2*1-4(2)3;;/h2*1-6,12H,(H,10,11);2*1-2H3;;/q;;;;-2;+4/p-2. The van der Waals surface area contributed by atoms with E-state index in [1.54, 1.807) is 74.1 Å². The molecule has 0 fully saturated rings. The molecule has 2 N–H and O–H groups in total. The Morgan fingerprint density at radius 2 is 0.971 bits per heavy atom. The van der Waals surface area contributed by atoms with Gasteiger partial charge in [-0.2, -0.15) is 0 Å². The third-order valence-corrected chi connectivity index (χ3v) is 3.28. The Morgan fingerprint density at radius 1 is 0.676 bits per heavy atom. The fourth-order valence-corrected chi connectivity index (χ4v) is 2.15. The number of aromatic amines is 2. The molecule has 0 unspecified atom stereocenters. The summed E-state index contributed by atoms with van der Waals surface area (Å²) in [5.41, 5.74) is 1.23. The minimum atomic E-state index is -0.611. The smallest absolute Gasteiger partial charge is 2.00 e. The molecule has 12 heteroatoms. The zero-order chi connectivity index (χ0) is 23.9. The van der Waals surface area contributed by atoms with Crippen molar-refractivity contribution in [2.45, 2.75) is 0 Å². The molecule has 0 aliphatic rings. The molecule has 0 saturated carbocycles. The number of aromatic nitrogens is 4. The Bertz CT molecular complexity index is 999. The predicted octanol–water partition coefficient (Wildman–Crippen LogP) is 2.17. The van der Waals surface area contributed by atoms with Crippen LogP contribution in [0.3, 0.4) is 0 Å². The summed E-state index contributed by atoms with van der Waals surface area (Å²) >= 11 is 0. The van der Waals surface area contributed by atoms with E-state index >= 15 is 0 Å². The van der Waals surface area contributed by atoms with Gasteiger partial charge in [-0.1, -0.05) is 60.0 Å². The second-order valence-electron chi connectivity index (χ2n) is 6.35. The average Bonchev–Trinajstić information content (AvgIpc) is 3.43. The summed E-state index contributed by atoms with van der Waals surface area (Å²) in [4.78, 5) is 13.7. The molecule has 181 valence electrons. The van der Waals surface area contributed by atoms with E-state index in [1.165, 1.54) is 12.1 Å². The van der Waals surface area contributed by atoms with Gasteiger partial charge in [0.25, 0.3) is 0 Å². The van der Waals surface area contributed by atoms with Crippen LogP contribution in [-0.4, -0.2) is 53.4 Å². The van der Waals surface area contributed by atoms with E-state index in [4.69, 9.17) is 0 Å². The molecule has 0 saturated heterocycles. The fraction of sp³-hybridized carbons (Fsp3) is 0.182. The largest absolute Gasteiger partial charge is 4.00 e. The van der Waals surface area contributed by atoms with Crippen molar-refractivity contribution in [2.24, 2.45) is 0 Å². The molecule has 0 atom stereocenters. The summed E-state index contributed by atoms with van der Waals surface area (Å²) in [6, 6.07) is 13.6. The van der Waals surface area contributed by atoms with E-state index in [9.17, 15) is 18.6 Å². The first kappa shape index (κ1) is 33.5. The number of hydrogen-bond acceptors (Lipinski definition) is 6. The van der Waals surface area contributed by atoms with Crippen LogP contribution in [0.15, 0.2) is 73.3 Å². The number of hydrogen-bond donors (Lipinski definition) is 2. The van der Waals surface area contributed by atoms with Gasteiger partial charge in [0.1, 0.15) is 11.6 Å². The Morgan fingerprint density at radius 3 is 1.21 bits per heavy atom. The minimum Gasteiger partial charge on any atom is -2.00 e. The van der Waals surface area contributed by atoms with Gasteiger partial charge in [-0.25, -0.2) is 9.97 Å². The van der Waals surface area contributed by atoms with Gasteiger partial charge < -0.3 is 25.7 Å². The molecule has 0 amide bonds. The van der Waals surface area contributed by atoms with Crippen molar-refractivity contribution in [3.05, 3.63) is 73.3 Å². The number of rotatable bonds is 2. The molecule has 0 bridgehead atoms. The van der Waals surface area contributed by atoms with Crippen molar-refractivity contribution in [3.63, 3.8) is 0 Å². The monoisotopic (exact) mass is 541 g/mol. The Balaban J connectivity index is 0. The maximum absolute atomic E-state index is 11.3. The molecule has 2 aromatic carbocycles. The molecular formula is C22H26N4O5S2V. The first-order chi connectivity index (χ1) is 15.2. The zero-order valence-electron chi connectivity index (χ0n) is 19.1. The quantitative estimate of drug-likeness (QED) is 0.395. The maximum Gasteiger partial charge on any atom is 4.00 e. The summed E-state index contributed by atoms with van der Waals surface area (Å²) in [6.45, 7) is 0. The first-order valence-electron chi connectivity index (χ1n) is 9.24. The van der Waals surface area contributed by atoms with Crippen molar-refractivity contribution in [1.29, 1.82) is 0 Å². The summed E-state index contributed by atoms with van der Waals surface area (Å²) in [6.07, 6.45) is 13.2. The van der Waals surface area contributed by atoms with Crippen LogP contribution in [0.25, 0.3) is 22.8 Å². The summed E-state index contributed by atoms with van der Waals surface area (Å²) in [5.74, 6) is 1.24. The van der Waals surface area contributed by atoms with Gasteiger partial charge in [-0.15, -0.1) is 0 Å². The molecule has 0 spiro atoms. The Kier molecular flexibility index (Phi) is 18.4. The van der Waals surface area contributed by atoms with E-state index in [2.05, 4.69) is 19.9 Å². The van der Waals surface area contributed by atoms with Crippen LogP contribution >= 0.6 is 0 Å². The zero-order valence-corrected chi connectivity index (χ0v) is 22.2. The van der Waals surface area contributed by atoms with Gasteiger partial charge in [0.2, 0.25) is 0 Å². The van der Waals surface area contributed by atoms with Crippen LogP contribution in [0.4, 0.5) is 0 Å². The maximum atomic E-state index is 11.3. The molecule has 4 rings (SSSR count). The van der Waals surface area contributed by atoms with Gasteiger partial charge in [-0.05, 0) is 0 Å². The third kappa shape index (κ3) is 13.8. The SMILES string of the molecule is CS(C)=O.CS(C)=O.[O-2].[O-]c1ccccc1-c1ncc[nH]1.[O-]c1ccccc1-c1ncc[nH]1.[V+4]. The van der Waals surface area contributed by atoms with Crippen molar-refractivity contribution in [2.75, 3.05) is 25.0 Å². The van der Waals surface area contributed by atoms with Crippen LogP contribution < -0.4 is 10.2 Å². The summed E-state index contributed by atoms with van der Waals surface area (Å²) in [5, 5.41) is 22.5. The van der Waals surface area contributed by atoms with Crippen molar-refractivity contribution in [3.8, 4) is 34.3 Å². The number of nitrogens with zero attached hydrogens (tertiary/aromatic N) is 2. The summed E-state index contributed by atoms with van der Waals surface area (Å²) < 4.78 is 19.1. The number of para-hydroxylation sites is 2. The van der Waals surface area contributed by atoms with Crippen molar-refractivity contribution >= 4 is 21.6 Å². The van der Waals surface area contributed by atoms with E-state index in [1.807, 2.05) is 12.1 Å². The molecule has 0 aliphatic heterocycles. The van der Waals surface area contributed by atoms with E-state index in [-0.39, 0.29) is 35.5 Å². The fourth-order valence-electron chi connectivity index (χ4n) is 2.15. The molecular weight excluding hydrogens is 515 g/mol. The molecule has 9 nitrogen and oxygen atoms in total. The third-order valence-electron chi connectivity index (χ3n) is 3.28. The average molecular weight is 542 g/mol. The Labute approximate surface area is 216 Å². The van der Waals surface area contributed by atoms with Crippen LogP contribution in [0.2, 0.25) is 0 Å². The van der Waals surface area contributed by atoms with Crippen LogP contribution in [0.5, 0.6) is 11.5 Å². The minimum absolute atomic E-state index is 0. The van der Waals surface area contributed by atoms with Crippen LogP contribution in [0.1, 0.15) is 0 Å². The van der Waals surface area contributed by atoms with Gasteiger partial charge in [0, 0.05) is 82.5 Å². The number of imidazole rings is 2.